The first-order chi connectivity index (χ1) is 8.74. The van der Waals surface area contributed by atoms with Crippen molar-refractivity contribution < 1.29 is 9.53 Å². The van der Waals surface area contributed by atoms with Gasteiger partial charge in [-0.3, -0.25) is 14.8 Å². The summed E-state index contributed by atoms with van der Waals surface area (Å²) in [5.74, 6) is 0.0986. The summed E-state index contributed by atoms with van der Waals surface area (Å²) in [4.78, 5) is 16.1. The fourth-order valence-corrected chi connectivity index (χ4v) is 1.94. The number of aryl methyl sites for hydroxylation is 1. The fourth-order valence-electron chi connectivity index (χ4n) is 1.41. The van der Waals surface area contributed by atoms with E-state index in [2.05, 4.69) is 15.4 Å². The number of nitrogens with zero attached hydrogens (tertiary/aromatic N) is 3. The van der Waals surface area contributed by atoms with Gasteiger partial charge in [-0.05, 0) is 13.8 Å². The Bertz CT molecular complexity index is 521. The minimum Gasteiger partial charge on any atom is -0.476 e. The smallest absolute Gasteiger partial charge is 0.264 e. The van der Waals surface area contributed by atoms with Gasteiger partial charge >= 0.3 is 0 Å². The molecule has 6 nitrogen and oxygen atoms in total. The number of amides is 1. The number of rotatable bonds is 5. The first-order valence-corrected chi connectivity index (χ1v) is 6.53. The molecule has 0 bridgehead atoms. The Labute approximate surface area is 109 Å². The van der Waals surface area contributed by atoms with Gasteiger partial charge in [-0.25, -0.2) is 4.98 Å². The van der Waals surface area contributed by atoms with Crippen molar-refractivity contribution in [2.75, 3.05) is 11.9 Å². The number of hydrogen-bond donors (Lipinski definition) is 1. The molecule has 0 saturated carbocycles. The van der Waals surface area contributed by atoms with E-state index >= 15 is 0 Å². The summed E-state index contributed by atoms with van der Waals surface area (Å²) in [5, 5.41) is 9.26. The topological polar surface area (TPSA) is 69.0 Å². The highest BCUT2D eigenvalue weighted by molar-refractivity contribution is 7.13. The van der Waals surface area contributed by atoms with Crippen LogP contribution in [0.25, 0.3) is 0 Å². The summed E-state index contributed by atoms with van der Waals surface area (Å²) in [5.41, 5.74) is 0.425. The molecule has 96 valence electrons. The van der Waals surface area contributed by atoms with Crippen LogP contribution in [0.2, 0.25) is 0 Å². The highest BCUT2D eigenvalue weighted by Gasteiger charge is 2.18. The van der Waals surface area contributed by atoms with Crippen molar-refractivity contribution in [2.45, 2.75) is 20.4 Å². The van der Waals surface area contributed by atoms with Crippen LogP contribution in [0.15, 0.2) is 17.8 Å². The standard InChI is InChI=1S/C11H14N4O2S/c1-3-15-7-8(10(14-15)17-4-2)9(16)13-11-12-5-6-18-11/h5-7H,3-4H2,1-2H3,(H,12,13,16). The normalized spacial score (nSPS) is 10.3. The molecule has 2 rings (SSSR count). The highest BCUT2D eigenvalue weighted by Crippen LogP contribution is 2.19. The minimum atomic E-state index is -0.256. The maximum absolute atomic E-state index is 12.1. The van der Waals surface area contributed by atoms with Gasteiger partial charge in [0.25, 0.3) is 5.91 Å². The van der Waals surface area contributed by atoms with Crippen molar-refractivity contribution in [3.63, 3.8) is 0 Å². The van der Waals surface area contributed by atoms with E-state index in [1.165, 1.54) is 11.3 Å². The molecule has 0 saturated heterocycles. The molecule has 18 heavy (non-hydrogen) atoms. The molecular weight excluding hydrogens is 252 g/mol. The quantitative estimate of drug-likeness (QED) is 0.898. The maximum atomic E-state index is 12.1. The summed E-state index contributed by atoms with van der Waals surface area (Å²) >= 11 is 1.37. The first-order valence-electron chi connectivity index (χ1n) is 5.65. The summed E-state index contributed by atoms with van der Waals surface area (Å²) in [6.07, 6.45) is 3.31. The molecule has 2 aromatic rings. The monoisotopic (exact) mass is 266 g/mol. The molecule has 0 spiro atoms. The van der Waals surface area contributed by atoms with E-state index in [4.69, 9.17) is 4.74 Å². The van der Waals surface area contributed by atoms with Crippen molar-refractivity contribution in [3.8, 4) is 5.88 Å². The Balaban J connectivity index is 2.20. The van der Waals surface area contributed by atoms with Crippen molar-refractivity contribution in [2.24, 2.45) is 0 Å². The number of ether oxygens (including phenoxy) is 1. The third-order valence-electron chi connectivity index (χ3n) is 2.23. The van der Waals surface area contributed by atoms with Crippen molar-refractivity contribution >= 4 is 22.4 Å². The largest absolute Gasteiger partial charge is 0.476 e. The predicted octanol–water partition coefficient (Wildman–Crippen LogP) is 2.01. The van der Waals surface area contributed by atoms with Crippen LogP contribution >= 0.6 is 11.3 Å². The van der Waals surface area contributed by atoms with Crippen LogP contribution in [0.4, 0.5) is 5.13 Å². The van der Waals surface area contributed by atoms with Crippen molar-refractivity contribution in [1.82, 2.24) is 14.8 Å². The molecule has 0 aromatic carbocycles. The first kappa shape index (κ1) is 12.6. The average molecular weight is 266 g/mol. The molecule has 0 aliphatic heterocycles. The number of anilines is 1. The summed E-state index contributed by atoms with van der Waals surface area (Å²) in [7, 11) is 0. The van der Waals surface area contributed by atoms with E-state index in [9.17, 15) is 4.79 Å². The van der Waals surface area contributed by atoms with Gasteiger partial charge in [-0.2, -0.15) is 0 Å². The second kappa shape index (κ2) is 5.63. The van der Waals surface area contributed by atoms with Crippen LogP contribution in [-0.2, 0) is 6.54 Å². The van der Waals surface area contributed by atoms with Gasteiger partial charge in [0, 0.05) is 24.3 Å². The lowest BCUT2D eigenvalue weighted by molar-refractivity contribution is 0.102. The molecule has 0 aliphatic rings. The van der Waals surface area contributed by atoms with Gasteiger partial charge in [0.1, 0.15) is 5.56 Å². The second-order valence-electron chi connectivity index (χ2n) is 3.43. The lowest BCUT2D eigenvalue weighted by atomic mass is 10.3. The molecule has 1 amide bonds. The lowest BCUT2D eigenvalue weighted by Gasteiger charge is -2.02. The summed E-state index contributed by atoms with van der Waals surface area (Å²) in [6.45, 7) is 4.96. The van der Waals surface area contributed by atoms with Gasteiger partial charge in [0.2, 0.25) is 5.88 Å². The summed E-state index contributed by atoms with van der Waals surface area (Å²) in [6, 6.07) is 0. The van der Waals surface area contributed by atoms with Gasteiger partial charge < -0.3 is 4.74 Å². The molecule has 0 unspecified atom stereocenters. The Morgan fingerprint density at radius 2 is 2.39 bits per heavy atom. The van der Waals surface area contributed by atoms with E-state index in [0.717, 1.165) is 0 Å². The number of carbonyl (C=O) groups is 1. The molecule has 0 radical (unpaired) electrons. The summed E-state index contributed by atoms with van der Waals surface area (Å²) < 4.78 is 7.02. The Morgan fingerprint density at radius 1 is 1.56 bits per heavy atom. The Morgan fingerprint density at radius 3 is 3.00 bits per heavy atom. The van der Waals surface area contributed by atoms with E-state index in [0.29, 0.717) is 29.7 Å². The van der Waals surface area contributed by atoms with Gasteiger partial charge in [-0.1, -0.05) is 0 Å². The van der Waals surface area contributed by atoms with Crippen LogP contribution in [0, 0.1) is 0 Å². The Kier molecular flexibility index (Phi) is 3.93. The third-order valence-corrected chi connectivity index (χ3v) is 2.92. The van der Waals surface area contributed by atoms with E-state index in [1.54, 1.807) is 22.5 Å². The zero-order chi connectivity index (χ0) is 13.0. The van der Waals surface area contributed by atoms with Crippen molar-refractivity contribution in [3.05, 3.63) is 23.3 Å². The van der Waals surface area contributed by atoms with E-state index in [-0.39, 0.29) is 5.91 Å². The van der Waals surface area contributed by atoms with Crippen molar-refractivity contribution in [1.29, 1.82) is 0 Å². The van der Waals surface area contributed by atoms with Crippen LogP contribution in [-0.4, -0.2) is 27.3 Å². The molecule has 0 atom stereocenters. The van der Waals surface area contributed by atoms with Gasteiger partial charge in [0.15, 0.2) is 5.13 Å². The maximum Gasteiger partial charge on any atom is 0.264 e. The van der Waals surface area contributed by atoms with Crippen LogP contribution in [0.1, 0.15) is 24.2 Å². The minimum absolute atomic E-state index is 0.256. The molecular formula is C11H14N4O2S. The third kappa shape index (κ3) is 2.67. The highest BCUT2D eigenvalue weighted by atomic mass is 32.1. The van der Waals surface area contributed by atoms with Gasteiger partial charge in [0.05, 0.1) is 6.61 Å². The molecule has 7 heteroatoms. The molecule has 2 aromatic heterocycles. The lowest BCUT2D eigenvalue weighted by Crippen LogP contribution is -2.12. The number of thiazole rings is 1. The van der Waals surface area contributed by atoms with Crippen LogP contribution in [0.5, 0.6) is 5.88 Å². The molecule has 1 N–H and O–H groups in total. The zero-order valence-corrected chi connectivity index (χ0v) is 11.0. The molecule has 0 fully saturated rings. The molecule has 0 aliphatic carbocycles. The number of nitrogens with one attached hydrogen (secondary N) is 1. The number of carbonyl (C=O) groups excluding carboxylic acids is 1. The fraction of sp³-hybridized carbons (Fsp3) is 0.364. The number of hydrogen-bond acceptors (Lipinski definition) is 5. The predicted molar refractivity (Wildman–Crippen MR) is 69.1 cm³/mol. The molecule has 2 heterocycles. The zero-order valence-electron chi connectivity index (χ0n) is 10.2. The number of aromatic nitrogens is 3. The SMILES string of the molecule is CCOc1nn(CC)cc1C(=O)Nc1nccs1. The van der Waals surface area contributed by atoms with Crippen LogP contribution in [0.3, 0.4) is 0 Å². The van der Waals surface area contributed by atoms with E-state index < -0.39 is 0 Å². The van der Waals surface area contributed by atoms with Gasteiger partial charge in [-0.15, -0.1) is 16.4 Å². The Hall–Kier alpha value is -1.89. The average Bonchev–Trinajstić information content (AvgIpc) is 2.98. The van der Waals surface area contributed by atoms with E-state index in [1.807, 2.05) is 13.8 Å². The second-order valence-corrected chi connectivity index (χ2v) is 4.32. The van der Waals surface area contributed by atoms with Crippen LogP contribution < -0.4 is 10.1 Å².